The van der Waals surface area contributed by atoms with Crippen molar-refractivity contribution in [2.45, 2.75) is 47.0 Å². The van der Waals surface area contributed by atoms with E-state index in [1.165, 1.54) is 65.8 Å². The first kappa shape index (κ1) is 58.1. The molecule has 0 spiro atoms. The van der Waals surface area contributed by atoms with Crippen LogP contribution in [0.2, 0.25) is 0 Å². The van der Waals surface area contributed by atoms with E-state index < -0.39 is 23.5 Å². The maximum absolute atomic E-state index is 12.6. The van der Waals surface area contributed by atoms with E-state index in [0.29, 0.717) is 28.1 Å². The number of rotatable bonds is 5. The Balaban J connectivity index is 0.000000133. The molecule has 5 heterocycles. The van der Waals surface area contributed by atoms with Crippen LogP contribution in [0.25, 0.3) is 65.6 Å². The highest BCUT2D eigenvalue weighted by atomic mass is 32.1. The highest BCUT2D eigenvalue weighted by molar-refractivity contribution is 7.21. The van der Waals surface area contributed by atoms with Crippen LogP contribution in [-0.4, -0.2) is 19.3 Å². The van der Waals surface area contributed by atoms with Crippen molar-refractivity contribution in [2.24, 2.45) is 21.1 Å². The van der Waals surface area contributed by atoms with Crippen LogP contribution in [0, 0.1) is 34.6 Å². The van der Waals surface area contributed by atoms with Gasteiger partial charge in [-0.1, -0.05) is 108 Å². The second-order valence-electron chi connectivity index (χ2n) is 19.3. The molecule has 0 aliphatic carbocycles. The van der Waals surface area contributed by atoms with Gasteiger partial charge in [-0.25, -0.2) is 0 Å². The van der Waals surface area contributed by atoms with Crippen LogP contribution in [0.4, 0.5) is 26.3 Å². The average Bonchev–Trinajstić information content (AvgIpc) is 4.24. The number of nitrogens with zero attached hydrogens (tertiary/aromatic N) is 7. The molecule has 0 bridgehead atoms. The van der Waals surface area contributed by atoms with Crippen LogP contribution in [0.5, 0.6) is 0 Å². The van der Waals surface area contributed by atoms with Gasteiger partial charge in [0.25, 0.3) is 5.01 Å². The van der Waals surface area contributed by atoms with Gasteiger partial charge >= 0.3 is 12.4 Å². The maximum Gasteiger partial charge on any atom is 0.416 e. The third-order valence-corrected chi connectivity index (χ3v) is 14.7. The minimum Gasteiger partial charge on any atom is -0.256 e. The number of benzene rings is 7. The van der Waals surface area contributed by atoms with Gasteiger partial charge in [-0.05, 0) is 147 Å². The normalized spacial score (nSPS) is 11.1. The molecule has 12 rings (SSSR count). The van der Waals surface area contributed by atoms with E-state index in [1.54, 1.807) is 68.7 Å². The Kier molecular flexibility index (Phi) is 18.6. The molecule has 5 aromatic heterocycles. The van der Waals surface area contributed by atoms with Gasteiger partial charge in [0.05, 0.1) is 45.9 Å². The third kappa shape index (κ3) is 14.4. The molecule has 0 saturated heterocycles. The largest absolute Gasteiger partial charge is 0.416 e. The van der Waals surface area contributed by atoms with Gasteiger partial charge in [0.1, 0.15) is 23.1 Å². The fraction of sp³-hybridized carbons (Fsp3) is 0.149. The number of halogens is 6. The summed E-state index contributed by atoms with van der Waals surface area (Å²) in [6, 6.07) is 62.5. The van der Waals surface area contributed by atoms with Crippen LogP contribution < -0.4 is 13.9 Å². The van der Waals surface area contributed by atoms with E-state index >= 15 is 0 Å². The molecule has 0 atom stereocenters. The fourth-order valence-corrected chi connectivity index (χ4v) is 10.4. The van der Waals surface area contributed by atoms with Crippen LogP contribution in [0.15, 0.2) is 231 Å². The maximum atomic E-state index is 12.6. The lowest BCUT2D eigenvalue weighted by Gasteiger charge is -2.10. The summed E-state index contributed by atoms with van der Waals surface area (Å²) in [4.78, 5) is 8.17. The number of hydrogen-bond donors (Lipinski definition) is 0. The first-order valence-corrected chi connectivity index (χ1v) is 26.8. The minimum absolute atomic E-state index is 0.484. The van der Waals surface area contributed by atoms with Crippen LogP contribution in [0.1, 0.15) is 38.9 Å². The molecule has 410 valence electrons. The van der Waals surface area contributed by atoms with Gasteiger partial charge in [0, 0.05) is 41.7 Å². The number of thiazole rings is 1. The zero-order valence-electron chi connectivity index (χ0n) is 46.2. The summed E-state index contributed by atoms with van der Waals surface area (Å²) in [5.74, 6) is 0. The molecule has 0 unspecified atom stereocenters. The number of pyridine rings is 2. The van der Waals surface area contributed by atoms with Crippen molar-refractivity contribution >= 4 is 32.5 Å². The first-order valence-electron chi connectivity index (χ1n) is 26.0. The van der Waals surface area contributed by atoms with Gasteiger partial charge in [0.15, 0.2) is 20.3 Å². The van der Waals surface area contributed by atoms with Crippen molar-refractivity contribution in [3.8, 4) is 44.5 Å². The number of para-hydroxylation sites is 4. The van der Waals surface area contributed by atoms with Crippen molar-refractivity contribution in [2.75, 3.05) is 0 Å². The molecule has 0 saturated carbocycles. The molecular formula is C67H62F6N7S+3. The lowest BCUT2D eigenvalue weighted by atomic mass is 10.0. The van der Waals surface area contributed by atoms with E-state index in [9.17, 15) is 26.3 Å². The van der Waals surface area contributed by atoms with Crippen molar-refractivity contribution in [3.63, 3.8) is 0 Å². The molecule has 0 amide bonds. The molecule has 81 heavy (non-hydrogen) atoms. The summed E-state index contributed by atoms with van der Waals surface area (Å²) in [6.07, 6.45) is 0.826. The van der Waals surface area contributed by atoms with Gasteiger partial charge in [0.2, 0.25) is 11.0 Å². The number of fused-ring (bicyclic) bond motifs is 2. The van der Waals surface area contributed by atoms with Crippen molar-refractivity contribution < 1.29 is 40.3 Å². The van der Waals surface area contributed by atoms with Crippen LogP contribution in [0.3, 0.4) is 0 Å². The van der Waals surface area contributed by atoms with E-state index in [1.807, 2.05) is 30.6 Å². The van der Waals surface area contributed by atoms with Crippen LogP contribution in [-0.2, 0) is 33.5 Å². The van der Waals surface area contributed by atoms with Crippen molar-refractivity contribution in [1.82, 2.24) is 19.3 Å². The van der Waals surface area contributed by atoms with Gasteiger partial charge in [-0.2, -0.15) is 30.9 Å². The third-order valence-electron chi connectivity index (χ3n) is 13.4. The molecule has 7 aromatic carbocycles. The molecule has 7 nitrogen and oxygen atoms in total. The summed E-state index contributed by atoms with van der Waals surface area (Å²) in [5.41, 5.74) is 12.5. The second-order valence-corrected chi connectivity index (χ2v) is 20.4. The Bertz CT molecular complexity index is 3910. The monoisotopic (exact) mass is 1110 g/mol. The predicted molar refractivity (Wildman–Crippen MR) is 313 cm³/mol. The molecule has 0 aliphatic heterocycles. The molecule has 0 N–H and O–H groups in total. The Morgan fingerprint density at radius 1 is 0.457 bits per heavy atom. The molecule has 0 aliphatic rings. The topological polar surface area (TPSA) is 47.3 Å². The highest BCUT2D eigenvalue weighted by Gasteiger charge is 2.32. The molecule has 12 aromatic rings. The number of alkyl halides is 6. The van der Waals surface area contributed by atoms with Crippen LogP contribution >= 0.6 is 11.3 Å². The SMILES string of the molecule is Cc1cc(-c2ccccn2)cc(C(F)(F)F)c1.Cc1cc(C(F)(F)F)ccc1-c1ccccn1.Cc1ccccc1-c1sc2ccccc2[n+]1C.Cc1ccccc1-n1cc2ccccc2[n+]1C.Cc1ccccc1-n1ccc[n+]1C. The van der Waals surface area contributed by atoms with E-state index in [2.05, 4.69) is 202 Å². The quantitative estimate of drug-likeness (QED) is 0.127. The smallest absolute Gasteiger partial charge is 0.256 e. The summed E-state index contributed by atoms with van der Waals surface area (Å²) in [6.45, 7) is 9.72. The van der Waals surface area contributed by atoms with E-state index in [-0.39, 0.29) is 0 Å². The summed E-state index contributed by atoms with van der Waals surface area (Å²) in [7, 11) is 6.27. The lowest BCUT2D eigenvalue weighted by Crippen LogP contribution is -2.38. The summed E-state index contributed by atoms with van der Waals surface area (Å²) >= 11 is 1.85. The Labute approximate surface area is 472 Å². The van der Waals surface area contributed by atoms with Crippen molar-refractivity contribution in [3.05, 3.63) is 270 Å². The molecule has 0 fully saturated rings. The predicted octanol–water partition coefficient (Wildman–Crippen LogP) is 16.2. The number of aryl methyl sites for hydroxylation is 8. The fourth-order valence-electron chi connectivity index (χ4n) is 9.20. The second kappa shape index (κ2) is 25.8. The molecule has 14 heteroatoms. The average molecular weight is 1110 g/mol. The molecule has 0 radical (unpaired) electrons. The Morgan fingerprint density at radius 3 is 1.57 bits per heavy atom. The number of hydrogen-bond acceptors (Lipinski definition) is 3. The minimum atomic E-state index is -4.32. The standard InChI is InChI=1S/C15H15N2.C15H14NS.2C13H10F3N.C11H13N2/c1-12-7-3-5-9-14(12)17-11-13-8-4-6-10-15(13)16(17)2;1-11-7-3-4-8-12(11)15-16(2)13-9-5-6-10-14(13)17-15;1-9-8-10(13(14,15)16)5-6-11(9)12-4-2-3-7-17-12;1-9-6-10(12-4-2-3-5-17-12)8-11(7-9)13(14,15)16;1-10-6-3-4-7-11(10)13-9-5-8-12(13)2/h3-11H,1-2H3;3-10H,1-2H3;2*2-8H,1H3;3-9H,1-2H3/q2*+1;;;+1. The van der Waals surface area contributed by atoms with Gasteiger partial charge < -0.3 is 0 Å². The van der Waals surface area contributed by atoms with Gasteiger partial charge in [-0.3, -0.25) is 9.97 Å². The van der Waals surface area contributed by atoms with E-state index in [4.69, 9.17) is 0 Å². The Hall–Kier alpha value is -9.01. The summed E-state index contributed by atoms with van der Waals surface area (Å²) in [5, 5.41) is 2.59. The molecular weight excluding hydrogens is 1050 g/mol. The van der Waals surface area contributed by atoms with Crippen molar-refractivity contribution in [1.29, 1.82) is 0 Å². The summed E-state index contributed by atoms with van der Waals surface area (Å²) < 4.78 is 87.6. The zero-order valence-corrected chi connectivity index (χ0v) is 47.1. The number of aromatic nitrogens is 7. The van der Waals surface area contributed by atoms with E-state index in [0.717, 1.165) is 29.8 Å². The zero-order chi connectivity index (χ0) is 57.8. The Morgan fingerprint density at radius 2 is 1.01 bits per heavy atom. The van der Waals surface area contributed by atoms with Gasteiger partial charge in [-0.15, -0.1) is 18.7 Å². The first-order chi connectivity index (χ1) is 38.8. The highest BCUT2D eigenvalue weighted by Crippen LogP contribution is 2.35. The lowest BCUT2D eigenvalue weighted by molar-refractivity contribution is -0.744.